The Morgan fingerprint density at radius 2 is 1.92 bits per heavy atom. The zero-order valence-corrected chi connectivity index (χ0v) is 13.7. The van der Waals surface area contributed by atoms with Gasteiger partial charge in [-0.2, -0.15) is 0 Å². The lowest BCUT2D eigenvalue weighted by molar-refractivity contribution is 0.0976. The molecule has 0 bridgehead atoms. The number of hydrogen-bond acceptors (Lipinski definition) is 4. The summed E-state index contributed by atoms with van der Waals surface area (Å²) in [4.78, 5) is 18.9. The van der Waals surface area contributed by atoms with Crippen LogP contribution in [0.3, 0.4) is 0 Å². The number of carbonyl (C=O) groups excluding carboxylic acids is 1. The molecule has 24 heavy (non-hydrogen) atoms. The number of carbonyl (C=O) groups is 1. The van der Waals surface area contributed by atoms with Crippen molar-refractivity contribution < 1.29 is 9.53 Å². The van der Waals surface area contributed by atoms with E-state index in [9.17, 15) is 4.79 Å². The fourth-order valence-corrected chi connectivity index (χ4v) is 2.62. The van der Waals surface area contributed by atoms with Gasteiger partial charge in [-0.1, -0.05) is 18.2 Å². The molecule has 0 saturated carbocycles. The third kappa shape index (κ3) is 3.74. The second-order valence-corrected chi connectivity index (χ2v) is 5.46. The van der Waals surface area contributed by atoms with Gasteiger partial charge in [0.25, 0.3) is 5.91 Å². The van der Waals surface area contributed by atoms with E-state index in [-0.39, 0.29) is 5.91 Å². The maximum atomic E-state index is 12.4. The minimum Gasteiger partial charge on any atom is -0.494 e. The summed E-state index contributed by atoms with van der Waals surface area (Å²) in [5.74, 6) is 1.29. The van der Waals surface area contributed by atoms with Crippen molar-refractivity contribution >= 4 is 17.6 Å². The largest absolute Gasteiger partial charge is 0.494 e. The SMILES string of the molecule is CCOc1ccc(N2CCCN=C2NC(=O)c2ccccc2)cc1. The minimum atomic E-state index is -0.146. The fourth-order valence-electron chi connectivity index (χ4n) is 2.62. The monoisotopic (exact) mass is 323 g/mol. The number of guanidine groups is 1. The molecular formula is C19H21N3O2. The molecule has 0 unspecified atom stereocenters. The van der Waals surface area contributed by atoms with Gasteiger partial charge in [0.05, 0.1) is 6.61 Å². The quantitative estimate of drug-likeness (QED) is 0.941. The van der Waals surface area contributed by atoms with Gasteiger partial charge in [0.1, 0.15) is 5.75 Å². The zero-order valence-electron chi connectivity index (χ0n) is 13.7. The Balaban J connectivity index is 1.76. The molecule has 2 aromatic carbocycles. The summed E-state index contributed by atoms with van der Waals surface area (Å²) < 4.78 is 5.48. The van der Waals surface area contributed by atoms with Crippen molar-refractivity contribution in [3.8, 4) is 5.75 Å². The van der Waals surface area contributed by atoms with Crippen LogP contribution < -0.4 is 15.0 Å². The fraction of sp³-hybridized carbons (Fsp3) is 0.263. The van der Waals surface area contributed by atoms with E-state index in [1.165, 1.54) is 0 Å². The molecule has 1 heterocycles. The highest BCUT2D eigenvalue weighted by atomic mass is 16.5. The second-order valence-electron chi connectivity index (χ2n) is 5.46. The molecule has 0 radical (unpaired) electrons. The van der Waals surface area contributed by atoms with Crippen LogP contribution in [0.4, 0.5) is 5.69 Å². The Bertz CT molecular complexity index is 711. The van der Waals surface area contributed by atoms with E-state index in [2.05, 4.69) is 10.3 Å². The molecule has 0 aromatic heterocycles. The number of rotatable bonds is 4. The van der Waals surface area contributed by atoms with Gasteiger partial charge in [0.15, 0.2) is 0 Å². The van der Waals surface area contributed by atoms with Gasteiger partial charge in [-0.05, 0) is 49.7 Å². The summed E-state index contributed by atoms with van der Waals surface area (Å²) >= 11 is 0. The molecule has 5 heteroatoms. The average Bonchev–Trinajstić information content (AvgIpc) is 2.64. The number of benzene rings is 2. The Morgan fingerprint density at radius 1 is 1.17 bits per heavy atom. The Hall–Kier alpha value is -2.82. The van der Waals surface area contributed by atoms with Gasteiger partial charge in [0, 0.05) is 24.3 Å². The van der Waals surface area contributed by atoms with Crippen molar-refractivity contribution in [2.24, 2.45) is 4.99 Å². The number of amides is 1. The van der Waals surface area contributed by atoms with Crippen LogP contribution in [0.15, 0.2) is 59.6 Å². The summed E-state index contributed by atoms with van der Waals surface area (Å²) in [7, 11) is 0. The van der Waals surface area contributed by atoms with Crippen molar-refractivity contribution in [2.45, 2.75) is 13.3 Å². The molecule has 1 aliphatic heterocycles. The lowest BCUT2D eigenvalue weighted by atomic mass is 10.2. The summed E-state index contributed by atoms with van der Waals surface area (Å²) in [6.07, 6.45) is 0.956. The van der Waals surface area contributed by atoms with Crippen LogP contribution in [0.5, 0.6) is 5.75 Å². The molecule has 0 spiro atoms. The summed E-state index contributed by atoms with van der Waals surface area (Å²) in [5.41, 5.74) is 1.61. The first kappa shape index (κ1) is 16.1. The van der Waals surface area contributed by atoms with Gasteiger partial charge in [-0.3, -0.25) is 15.1 Å². The Kier molecular flexibility index (Phi) is 5.11. The molecule has 2 aromatic rings. The predicted octanol–water partition coefficient (Wildman–Crippen LogP) is 3.08. The summed E-state index contributed by atoms with van der Waals surface area (Å²) in [5, 5.41) is 2.93. The van der Waals surface area contributed by atoms with E-state index < -0.39 is 0 Å². The molecule has 3 rings (SSSR count). The lowest BCUT2D eigenvalue weighted by Gasteiger charge is -2.29. The van der Waals surface area contributed by atoms with Crippen LogP contribution in [0.2, 0.25) is 0 Å². The molecule has 0 fully saturated rings. The summed E-state index contributed by atoms with van der Waals surface area (Å²) in [6.45, 7) is 4.14. The molecule has 124 valence electrons. The third-order valence-corrected chi connectivity index (χ3v) is 3.78. The van der Waals surface area contributed by atoms with Crippen molar-refractivity contribution in [1.82, 2.24) is 5.32 Å². The lowest BCUT2D eigenvalue weighted by Crippen LogP contribution is -2.47. The standard InChI is InChI=1S/C19H21N3O2/c1-2-24-17-11-9-16(10-12-17)22-14-6-13-20-19(22)21-18(23)15-7-4-3-5-8-15/h3-5,7-12H,2,6,13-14H2,1H3,(H,20,21,23). The minimum absolute atomic E-state index is 0.146. The van der Waals surface area contributed by atoms with Crippen molar-refractivity contribution in [2.75, 3.05) is 24.6 Å². The van der Waals surface area contributed by atoms with Gasteiger partial charge in [-0.15, -0.1) is 0 Å². The first-order valence-electron chi connectivity index (χ1n) is 8.19. The van der Waals surface area contributed by atoms with E-state index >= 15 is 0 Å². The molecule has 1 aliphatic rings. The molecular weight excluding hydrogens is 302 g/mol. The number of nitrogens with one attached hydrogen (secondary N) is 1. The number of nitrogens with zero attached hydrogens (tertiary/aromatic N) is 2. The van der Waals surface area contributed by atoms with Gasteiger partial charge in [-0.25, -0.2) is 0 Å². The average molecular weight is 323 g/mol. The molecule has 0 aliphatic carbocycles. The van der Waals surface area contributed by atoms with E-state index in [1.54, 1.807) is 12.1 Å². The van der Waals surface area contributed by atoms with E-state index in [0.29, 0.717) is 18.1 Å². The highest BCUT2D eigenvalue weighted by molar-refractivity contribution is 6.11. The zero-order chi connectivity index (χ0) is 16.8. The van der Waals surface area contributed by atoms with Crippen LogP contribution in [0, 0.1) is 0 Å². The molecule has 1 N–H and O–H groups in total. The van der Waals surface area contributed by atoms with Crippen molar-refractivity contribution in [1.29, 1.82) is 0 Å². The Labute approximate surface area is 142 Å². The normalized spacial score (nSPS) is 14.0. The van der Waals surface area contributed by atoms with E-state index in [0.717, 1.165) is 30.9 Å². The third-order valence-electron chi connectivity index (χ3n) is 3.78. The van der Waals surface area contributed by atoms with Gasteiger partial charge in [0.2, 0.25) is 5.96 Å². The first-order valence-corrected chi connectivity index (χ1v) is 8.19. The first-order chi connectivity index (χ1) is 11.8. The number of anilines is 1. The van der Waals surface area contributed by atoms with Crippen molar-refractivity contribution in [3.63, 3.8) is 0 Å². The predicted molar refractivity (Wildman–Crippen MR) is 95.8 cm³/mol. The van der Waals surface area contributed by atoms with Crippen LogP contribution in [0.25, 0.3) is 0 Å². The van der Waals surface area contributed by atoms with Crippen LogP contribution in [-0.2, 0) is 0 Å². The molecule has 0 saturated heterocycles. The van der Waals surface area contributed by atoms with Crippen molar-refractivity contribution in [3.05, 3.63) is 60.2 Å². The highest BCUT2D eigenvalue weighted by Gasteiger charge is 2.19. The molecule has 0 atom stereocenters. The second kappa shape index (κ2) is 7.64. The van der Waals surface area contributed by atoms with Crippen LogP contribution >= 0.6 is 0 Å². The molecule has 1 amide bonds. The van der Waals surface area contributed by atoms with E-state index in [1.807, 2.05) is 54.3 Å². The number of ether oxygens (including phenoxy) is 1. The number of aliphatic imine (C=N–C) groups is 1. The van der Waals surface area contributed by atoms with Crippen LogP contribution in [-0.4, -0.2) is 31.6 Å². The van der Waals surface area contributed by atoms with Gasteiger partial charge >= 0.3 is 0 Å². The maximum absolute atomic E-state index is 12.4. The summed E-state index contributed by atoms with van der Waals surface area (Å²) in [6, 6.07) is 17.0. The maximum Gasteiger partial charge on any atom is 0.257 e. The van der Waals surface area contributed by atoms with Crippen LogP contribution in [0.1, 0.15) is 23.7 Å². The van der Waals surface area contributed by atoms with Gasteiger partial charge < -0.3 is 9.64 Å². The Morgan fingerprint density at radius 3 is 2.62 bits per heavy atom. The topological polar surface area (TPSA) is 53.9 Å². The molecule has 5 nitrogen and oxygen atoms in total. The van der Waals surface area contributed by atoms with E-state index in [4.69, 9.17) is 4.74 Å². The smallest absolute Gasteiger partial charge is 0.257 e. The number of hydrogen-bond donors (Lipinski definition) is 1. The highest BCUT2D eigenvalue weighted by Crippen LogP contribution is 2.21.